The second-order valence-corrected chi connectivity index (χ2v) is 9.99. The quantitative estimate of drug-likeness (QED) is 0.227. The van der Waals surface area contributed by atoms with Crippen LogP contribution in [0.25, 0.3) is 0 Å². The highest BCUT2D eigenvalue weighted by Crippen LogP contribution is 2.50. The number of aromatic nitrogens is 2. The van der Waals surface area contributed by atoms with Crippen LogP contribution in [0.15, 0.2) is 107 Å². The number of hydrogen-bond donors (Lipinski definition) is 4. The van der Waals surface area contributed by atoms with E-state index in [1.807, 2.05) is 4.98 Å². The molecule has 0 aliphatic carbocycles. The molecule has 0 bridgehead atoms. The molecule has 0 radical (unpaired) electrons. The van der Waals surface area contributed by atoms with E-state index in [2.05, 4.69) is 0 Å². The monoisotopic (exact) mass is 570 g/mol. The molecule has 1 saturated heterocycles. The molecule has 1 aliphatic rings. The third-order valence-electron chi connectivity index (χ3n) is 7.40. The molecule has 1 aromatic heterocycles. The van der Waals surface area contributed by atoms with Gasteiger partial charge in [0.15, 0.2) is 17.6 Å². The fourth-order valence-corrected chi connectivity index (χ4v) is 5.19. The summed E-state index contributed by atoms with van der Waals surface area (Å²) < 4.78 is 6.51. The highest BCUT2D eigenvalue weighted by molar-refractivity contribution is 6.14. The number of aliphatic hydroxyl groups is 3. The Balaban J connectivity index is 1.80. The average molecular weight is 571 g/mol. The van der Waals surface area contributed by atoms with E-state index in [0.717, 1.165) is 6.20 Å². The van der Waals surface area contributed by atoms with Gasteiger partial charge in [-0.1, -0.05) is 91.0 Å². The molecule has 214 valence electrons. The van der Waals surface area contributed by atoms with Gasteiger partial charge >= 0.3 is 5.69 Å². The number of aliphatic hydroxyl groups excluding tert-OH is 1. The van der Waals surface area contributed by atoms with Gasteiger partial charge in [0.25, 0.3) is 5.56 Å². The van der Waals surface area contributed by atoms with Gasteiger partial charge in [-0.15, -0.1) is 0 Å². The van der Waals surface area contributed by atoms with Crippen molar-refractivity contribution < 1.29 is 34.4 Å². The molecule has 42 heavy (non-hydrogen) atoms. The first-order valence-electron chi connectivity index (χ1n) is 12.9. The summed E-state index contributed by atoms with van der Waals surface area (Å²) in [5.74, 6) is -3.48. The maximum atomic E-state index is 14.2. The number of rotatable bonds is 8. The predicted octanol–water partition coefficient (Wildman–Crippen LogP) is 1.21. The number of ether oxygens (including phenoxy) is 1. The van der Waals surface area contributed by atoms with Crippen molar-refractivity contribution >= 4 is 17.3 Å². The van der Waals surface area contributed by atoms with Crippen LogP contribution in [0.3, 0.4) is 0 Å². The number of aryl methyl sites for hydroxylation is 1. The van der Waals surface area contributed by atoms with E-state index in [1.54, 1.807) is 18.2 Å². The van der Waals surface area contributed by atoms with Crippen molar-refractivity contribution in [3.63, 3.8) is 0 Å². The summed E-state index contributed by atoms with van der Waals surface area (Å²) in [5.41, 5.74) is -8.95. The predicted molar refractivity (Wildman–Crippen MR) is 148 cm³/mol. The lowest BCUT2D eigenvalue weighted by Gasteiger charge is -2.39. The summed E-state index contributed by atoms with van der Waals surface area (Å²) in [7, 11) is 0. The standard InChI is InChI=1S/C31H26N2O9/c1-18-17-33(29(39)32-27(18)38)28-31(41,25(37)21-15-9-4-10-16-21)30(40,24(36)20-13-7-3-8-14-20)26(42-28)23(35)22(34)19-11-5-2-6-12-19/h2-17,23,26,28,35,40-41H,1H3,(H,32,38,39)/t23?,26-,28-,30+,31+/m1/s1. The van der Waals surface area contributed by atoms with Crippen LogP contribution in [0.1, 0.15) is 42.9 Å². The van der Waals surface area contributed by atoms with Gasteiger partial charge in [0, 0.05) is 28.5 Å². The minimum Gasteiger partial charge on any atom is -0.382 e. The van der Waals surface area contributed by atoms with E-state index in [0.29, 0.717) is 4.57 Å². The third-order valence-corrected chi connectivity index (χ3v) is 7.40. The Labute approximate surface area is 238 Å². The van der Waals surface area contributed by atoms with Crippen molar-refractivity contribution in [2.24, 2.45) is 0 Å². The Morgan fingerprint density at radius 2 is 1.24 bits per heavy atom. The zero-order valence-electron chi connectivity index (χ0n) is 22.2. The maximum Gasteiger partial charge on any atom is 0.330 e. The summed E-state index contributed by atoms with van der Waals surface area (Å²) in [6, 6.07) is 21.7. The third kappa shape index (κ3) is 4.45. The van der Waals surface area contributed by atoms with Crippen LogP contribution in [-0.2, 0) is 4.74 Å². The number of Topliss-reactive ketones (excluding diaryl/α,β-unsaturated/α-hetero) is 3. The van der Waals surface area contributed by atoms with Crippen LogP contribution < -0.4 is 11.2 Å². The Bertz CT molecular complexity index is 1770. The molecule has 1 aliphatic heterocycles. The molecule has 5 rings (SSSR count). The number of nitrogens with one attached hydrogen (secondary N) is 1. The molecule has 0 amide bonds. The summed E-state index contributed by atoms with van der Waals surface area (Å²) in [6.45, 7) is 1.34. The molecule has 2 heterocycles. The first-order chi connectivity index (χ1) is 20.0. The molecular formula is C31H26N2O9. The number of aromatic amines is 1. The molecule has 4 N–H and O–H groups in total. The van der Waals surface area contributed by atoms with Gasteiger partial charge in [0.05, 0.1) is 0 Å². The molecule has 5 atom stereocenters. The Morgan fingerprint density at radius 3 is 1.74 bits per heavy atom. The number of hydrogen-bond acceptors (Lipinski definition) is 9. The number of carbonyl (C=O) groups is 3. The molecule has 4 aromatic rings. The van der Waals surface area contributed by atoms with E-state index >= 15 is 0 Å². The van der Waals surface area contributed by atoms with Crippen molar-refractivity contribution in [2.45, 2.75) is 36.6 Å². The molecule has 11 nitrogen and oxygen atoms in total. The van der Waals surface area contributed by atoms with Crippen LogP contribution in [-0.4, -0.2) is 65.6 Å². The SMILES string of the molecule is Cc1cn([C@@H]2O[C@H](C(O)C(=O)c3ccccc3)[C@@](O)(C(=O)c3ccccc3)[C@]2(O)C(=O)c2ccccc2)c(=O)[nH]c1=O. The number of nitrogens with zero attached hydrogens (tertiary/aromatic N) is 1. The van der Waals surface area contributed by atoms with Crippen LogP contribution in [0.5, 0.6) is 0 Å². The van der Waals surface area contributed by atoms with Crippen LogP contribution in [0, 0.1) is 6.92 Å². The van der Waals surface area contributed by atoms with Crippen LogP contribution >= 0.6 is 0 Å². The summed E-state index contributed by atoms with van der Waals surface area (Å²) in [5, 5.41) is 36.2. The summed E-state index contributed by atoms with van der Waals surface area (Å²) >= 11 is 0. The zero-order valence-corrected chi connectivity index (χ0v) is 22.2. The fourth-order valence-electron chi connectivity index (χ4n) is 5.19. The van der Waals surface area contributed by atoms with E-state index in [1.165, 1.54) is 79.7 Å². The van der Waals surface area contributed by atoms with Gasteiger partial charge in [-0.3, -0.25) is 28.7 Å². The second kappa shape index (κ2) is 10.9. The number of benzene rings is 3. The van der Waals surface area contributed by atoms with E-state index < -0.39 is 58.2 Å². The lowest BCUT2D eigenvalue weighted by Crippen LogP contribution is -2.69. The first-order valence-corrected chi connectivity index (χ1v) is 12.9. The number of H-pyrrole nitrogens is 1. The topological polar surface area (TPSA) is 176 Å². The van der Waals surface area contributed by atoms with Crippen LogP contribution in [0.4, 0.5) is 0 Å². The summed E-state index contributed by atoms with van der Waals surface area (Å²) in [6.07, 6.45) is -5.77. The average Bonchev–Trinajstić information content (AvgIpc) is 3.26. The lowest BCUT2D eigenvalue weighted by molar-refractivity contribution is -0.108. The smallest absolute Gasteiger partial charge is 0.330 e. The van der Waals surface area contributed by atoms with Gasteiger partial charge in [0.2, 0.25) is 17.2 Å². The fraction of sp³-hybridized carbons (Fsp3) is 0.194. The molecule has 0 spiro atoms. The molecule has 3 aromatic carbocycles. The number of ketones is 3. The first kappa shape index (κ1) is 28.7. The van der Waals surface area contributed by atoms with E-state index in [-0.39, 0.29) is 22.3 Å². The largest absolute Gasteiger partial charge is 0.382 e. The van der Waals surface area contributed by atoms with E-state index in [4.69, 9.17) is 4.74 Å². The minimum absolute atomic E-state index is 0.0125. The Kier molecular flexibility index (Phi) is 7.43. The van der Waals surface area contributed by atoms with E-state index in [9.17, 15) is 39.3 Å². The molecule has 11 heteroatoms. The molecule has 1 fully saturated rings. The van der Waals surface area contributed by atoms with Crippen molar-refractivity contribution in [3.05, 3.63) is 140 Å². The van der Waals surface area contributed by atoms with Crippen molar-refractivity contribution in [1.82, 2.24) is 9.55 Å². The van der Waals surface area contributed by atoms with Crippen LogP contribution in [0.2, 0.25) is 0 Å². The minimum atomic E-state index is -3.33. The summed E-state index contributed by atoms with van der Waals surface area (Å²) in [4.78, 5) is 68.9. The normalized spacial score (nSPS) is 24.2. The van der Waals surface area contributed by atoms with Gasteiger partial charge < -0.3 is 20.1 Å². The molecular weight excluding hydrogens is 544 g/mol. The van der Waals surface area contributed by atoms with Gasteiger partial charge in [-0.25, -0.2) is 4.79 Å². The van der Waals surface area contributed by atoms with Gasteiger partial charge in [0.1, 0.15) is 12.2 Å². The highest BCUT2D eigenvalue weighted by atomic mass is 16.6. The number of carbonyl (C=O) groups excluding carboxylic acids is 3. The Morgan fingerprint density at radius 1 is 0.786 bits per heavy atom. The lowest BCUT2D eigenvalue weighted by atomic mass is 9.69. The second-order valence-electron chi connectivity index (χ2n) is 9.99. The maximum absolute atomic E-state index is 14.2. The molecule has 0 saturated carbocycles. The van der Waals surface area contributed by atoms with Gasteiger partial charge in [-0.2, -0.15) is 0 Å². The highest BCUT2D eigenvalue weighted by Gasteiger charge is 2.75. The Hall–Kier alpha value is -4.81. The molecule has 1 unspecified atom stereocenters. The van der Waals surface area contributed by atoms with Crippen molar-refractivity contribution in [1.29, 1.82) is 0 Å². The zero-order chi connectivity index (χ0) is 30.2. The van der Waals surface area contributed by atoms with Gasteiger partial charge in [-0.05, 0) is 6.92 Å². The van der Waals surface area contributed by atoms with Crippen molar-refractivity contribution in [2.75, 3.05) is 0 Å². The van der Waals surface area contributed by atoms with Crippen molar-refractivity contribution in [3.8, 4) is 0 Å².